The highest BCUT2D eigenvalue weighted by Crippen LogP contribution is 2.29. The molecule has 0 aromatic heterocycles. The predicted molar refractivity (Wildman–Crippen MR) is 74.1 cm³/mol. The van der Waals surface area contributed by atoms with Gasteiger partial charge in [-0.05, 0) is 57.0 Å². The first-order valence-corrected chi connectivity index (χ1v) is 6.65. The van der Waals surface area contributed by atoms with Gasteiger partial charge in [0.25, 0.3) is 0 Å². The maximum absolute atomic E-state index is 13.6. The van der Waals surface area contributed by atoms with Crippen molar-refractivity contribution in [2.45, 2.75) is 38.8 Å². The number of halogens is 1. The van der Waals surface area contributed by atoms with Gasteiger partial charge in [-0.1, -0.05) is 11.8 Å². The summed E-state index contributed by atoms with van der Waals surface area (Å²) in [5, 5.41) is 8.69. The number of aliphatic hydroxyl groups excluding tert-OH is 1. The second-order valence-electron chi connectivity index (χ2n) is 5.65. The third-order valence-electron chi connectivity index (χ3n) is 3.72. The third kappa shape index (κ3) is 3.56. The molecule has 0 saturated carbocycles. The summed E-state index contributed by atoms with van der Waals surface area (Å²) >= 11 is 0. The lowest BCUT2D eigenvalue weighted by Crippen LogP contribution is -2.37. The zero-order valence-corrected chi connectivity index (χ0v) is 11.5. The zero-order chi connectivity index (χ0) is 13.9. The minimum absolute atomic E-state index is 0.184. The molecule has 0 aliphatic carbocycles. The van der Waals surface area contributed by atoms with E-state index in [1.165, 1.54) is 18.9 Å². The zero-order valence-electron chi connectivity index (χ0n) is 11.5. The number of nitrogens with zero attached hydrogens (tertiary/aromatic N) is 1. The molecule has 0 radical (unpaired) electrons. The van der Waals surface area contributed by atoms with Crippen molar-refractivity contribution in [3.8, 4) is 11.8 Å². The lowest BCUT2D eigenvalue weighted by molar-refractivity contribution is 0.166. The van der Waals surface area contributed by atoms with E-state index in [0.717, 1.165) is 18.7 Å². The van der Waals surface area contributed by atoms with E-state index in [1.807, 2.05) is 6.07 Å². The van der Waals surface area contributed by atoms with Crippen molar-refractivity contribution in [2.24, 2.45) is 0 Å². The Morgan fingerprint density at radius 1 is 1.37 bits per heavy atom. The number of hydrogen-bond donors (Lipinski definition) is 1. The summed E-state index contributed by atoms with van der Waals surface area (Å²) in [6, 6.07) is 4.87. The molecule has 0 bridgehead atoms. The maximum atomic E-state index is 13.6. The summed E-state index contributed by atoms with van der Waals surface area (Å²) in [6.45, 7) is 6.06. The van der Waals surface area contributed by atoms with E-state index in [0.29, 0.717) is 5.56 Å². The molecule has 3 heteroatoms. The Bertz CT molecular complexity index is 513. The predicted octanol–water partition coefficient (Wildman–Crippen LogP) is 2.54. The van der Waals surface area contributed by atoms with Crippen molar-refractivity contribution in [1.82, 2.24) is 4.90 Å². The Kier molecular flexibility index (Phi) is 4.24. The fraction of sp³-hybridized carbons (Fsp3) is 0.500. The number of benzene rings is 1. The summed E-state index contributed by atoms with van der Waals surface area (Å²) in [7, 11) is 0. The van der Waals surface area contributed by atoms with Crippen LogP contribution in [0.4, 0.5) is 4.39 Å². The second-order valence-corrected chi connectivity index (χ2v) is 5.65. The monoisotopic (exact) mass is 261 g/mol. The van der Waals surface area contributed by atoms with Crippen molar-refractivity contribution in [3.63, 3.8) is 0 Å². The minimum atomic E-state index is -0.267. The lowest BCUT2D eigenvalue weighted by atomic mass is 10.0. The lowest BCUT2D eigenvalue weighted by Gasteiger charge is -2.31. The standard InChI is InChI=1S/C16H20FNO/c1-16(2)6-4-7-18(16)12-14-9-13(5-3-8-19)10-15(17)11-14/h9-11,19H,4,6-8,12H2,1-2H3. The molecule has 1 N–H and O–H groups in total. The molecule has 2 nitrogen and oxygen atoms in total. The highest BCUT2D eigenvalue weighted by Gasteiger charge is 2.31. The van der Waals surface area contributed by atoms with Gasteiger partial charge in [-0.15, -0.1) is 0 Å². The van der Waals surface area contributed by atoms with Gasteiger partial charge in [0, 0.05) is 17.6 Å². The first-order chi connectivity index (χ1) is 9.01. The van der Waals surface area contributed by atoms with Crippen molar-refractivity contribution in [1.29, 1.82) is 0 Å². The molecule has 0 atom stereocenters. The number of rotatable bonds is 2. The van der Waals surface area contributed by atoms with Crippen LogP contribution >= 0.6 is 0 Å². The van der Waals surface area contributed by atoms with E-state index >= 15 is 0 Å². The summed E-state index contributed by atoms with van der Waals surface area (Å²) in [5.41, 5.74) is 1.75. The van der Waals surface area contributed by atoms with Gasteiger partial charge >= 0.3 is 0 Å². The van der Waals surface area contributed by atoms with Gasteiger partial charge in [0.05, 0.1) is 0 Å². The summed E-state index contributed by atoms with van der Waals surface area (Å²) < 4.78 is 13.6. The average molecular weight is 261 g/mol. The largest absolute Gasteiger partial charge is 0.384 e. The van der Waals surface area contributed by atoms with Gasteiger partial charge in [-0.25, -0.2) is 4.39 Å². The van der Waals surface area contributed by atoms with E-state index in [2.05, 4.69) is 30.6 Å². The first-order valence-electron chi connectivity index (χ1n) is 6.65. The molecule has 2 rings (SSSR count). The summed E-state index contributed by atoms with van der Waals surface area (Å²) in [5.74, 6) is 5.05. The van der Waals surface area contributed by atoms with Crippen LogP contribution in [0.3, 0.4) is 0 Å². The molecule has 0 unspecified atom stereocenters. The van der Waals surface area contributed by atoms with Crippen molar-refractivity contribution in [2.75, 3.05) is 13.2 Å². The van der Waals surface area contributed by atoms with E-state index in [1.54, 1.807) is 6.07 Å². The minimum Gasteiger partial charge on any atom is -0.384 e. The third-order valence-corrected chi connectivity index (χ3v) is 3.72. The SMILES string of the molecule is CC1(C)CCCN1Cc1cc(F)cc(C#CCO)c1. The van der Waals surface area contributed by atoms with Gasteiger partial charge in [-0.2, -0.15) is 0 Å². The first kappa shape index (κ1) is 14.0. The Morgan fingerprint density at radius 3 is 2.79 bits per heavy atom. The van der Waals surface area contributed by atoms with Crippen LogP contribution in [0.25, 0.3) is 0 Å². The van der Waals surface area contributed by atoms with Crippen LogP contribution in [0, 0.1) is 17.7 Å². The van der Waals surface area contributed by atoms with Crippen molar-refractivity contribution < 1.29 is 9.50 Å². The molecule has 1 aromatic rings. The van der Waals surface area contributed by atoms with Crippen molar-refractivity contribution >= 4 is 0 Å². The Labute approximate surface area is 114 Å². The highest BCUT2D eigenvalue weighted by molar-refractivity contribution is 5.38. The quantitative estimate of drug-likeness (QED) is 0.827. The van der Waals surface area contributed by atoms with E-state index in [4.69, 9.17) is 5.11 Å². The average Bonchev–Trinajstić information content (AvgIpc) is 2.65. The maximum Gasteiger partial charge on any atom is 0.124 e. The van der Waals surface area contributed by atoms with Crippen LogP contribution in [0.1, 0.15) is 37.8 Å². The molecule has 1 aliphatic heterocycles. The van der Waals surface area contributed by atoms with Crippen LogP contribution in [0.15, 0.2) is 18.2 Å². The van der Waals surface area contributed by atoms with Gasteiger partial charge in [0.2, 0.25) is 0 Å². The van der Waals surface area contributed by atoms with Crippen LogP contribution < -0.4 is 0 Å². The number of aliphatic hydroxyl groups is 1. The van der Waals surface area contributed by atoms with Crippen LogP contribution in [-0.4, -0.2) is 28.7 Å². The summed E-state index contributed by atoms with van der Waals surface area (Å²) in [4.78, 5) is 2.38. The van der Waals surface area contributed by atoms with Crippen LogP contribution in [0.5, 0.6) is 0 Å². The fourth-order valence-corrected chi connectivity index (χ4v) is 2.63. The molecule has 19 heavy (non-hydrogen) atoms. The Morgan fingerprint density at radius 2 is 2.16 bits per heavy atom. The molecule has 1 saturated heterocycles. The summed E-state index contributed by atoms with van der Waals surface area (Å²) in [6.07, 6.45) is 2.37. The molecular formula is C16H20FNO. The van der Waals surface area contributed by atoms with Crippen LogP contribution in [0.2, 0.25) is 0 Å². The molecule has 0 spiro atoms. The smallest absolute Gasteiger partial charge is 0.124 e. The van der Waals surface area contributed by atoms with Crippen molar-refractivity contribution in [3.05, 3.63) is 35.1 Å². The number of likely N-dealkylation sites (tertiary alicyclic amines) is 1. The topological polar surface area (TPSA) is 23.5 Å². The van der Waals surface area contributed by atoms with Gasteiger partial charge in [0.1, 0.15) is 12.4 Å². The normalized spacial score (nSPS) is 18.1. The molecule has 1 aliphatic rings. The number of hydrogen-bond acceptors (Lipinski definition) is 2. The molecule has 102 valence electrons. The van der Waals surface area contributed by atoms with Gasteiger partial charge < -0.3 is 5.11 Å². The molecule has 1 heterocycles. The highest BCUT2D eigenvalue weighted by atomic mass is 19.1. The Hall–Kier alpha value is -1.37. The molecule has 1 fully saturated rings. The van der Waals surface area contributed by atoms with E-state index < -0.39 is 0 Å². The van der Waals surface area contributed by atoms with Crippen LogP contribution in [-0.2, 0) is 6.54 Å². The fourth-order valence-electron chi connectivity index (χ4n) is 2.63. The van der Waals surface area contributed by atoms with Gasteiger partial charge in [-0.3, -0.25) is 4.90 Å². The Balaban J connectivity index is 2.18. The molecular weight excluding hydrogens is 241 g/mol. The van der Waals surface area contributed by atoms with Gasteiger partial charge in [0.15, 0.2) is 0 Å². The molecule has 0 amide bonds. The second kappa shape index (κ2) is 5.73. The van der Waals surface area contributed by atoms with E-state index in [9.17, 15) is 4.39 Å². The van der Waals surface area contributed by atoms with E-state index in [-0.39, 0.29) is 18.0 Å². The molecule has 1 aromatic carbocycles.